The number of nitrogens with two attached hydrogens (primary N) is 1. The highest BCUT2D eigenvalue weighted by Crippen LogP contribution is 2.54. The van der Waals surface area contributed by atoms with Gasteiger partial charge in [-0.1, -0.05) is 19.8 Å². The standard InChI is InChI=1S/C15H28N2/c1-2-3-12-6-7-17(10-12)15(11-16)9-13-4-5-14(15)8-13/h12-14H,2-11,16H2,1H3. The number of fused-ring (bicyclic) bond motifs is 2. The molecule has 0 aromatic rings. The van der Waals surface area contributed by atoms with E-state index in [1.165, 1.54) is 58.0 Å². The maximum absolute atomic E-state index is 6.21. The normalized spacial score (nSPS) is 45.9. The molecule has 1 aliphatic heterocycles. The SMILES string of the molecule is CCCC1CCN(C2(CN)CC3CCC2C3)C1. The lowest BCUT2D eigenvalue weighted by molar-refractivity contribution is 0.0599. The van der Waals surface area contributed by atoms with E-state index in [4.69, 9.17) is 5.73 Å². The van der Waals surface area contributed by atoms with Gasteiger partial charge in [0.25, 0.3) is 0 Å². The molecular weight excluding hydrogens is 208 g/mol. The van der Waals surface area contributed by atoms with Crippen molar-refractivity contribution in [3.63, 3.8) is 0 Å². The van der Waals surface area contributed by atoms with Gasteiger partial charge in [0.1, 0.15) is 0 Å². The summed E-state index contributed by atoms with van der Waals surface area (Å²) in [6.45, 7) is 5.89. The summed E-state index contributed by atoms with van der Waals surface area (Å²) in [6.07, 6.45) is 10.0. The summed E-state index contributed by atoms with van der Waals surface area (Å²) in [5, 5.41) is 0. The van der Waals surface area contributed by atoms with Crippen molar-refractivity contribution in [2.75, 3.05) is 19.6 Å². The molecule has 17 heavy (non-hydrogen) atoms. The molecule has 0 radical (unpaired) electrons. The molecule has 4 unspecified atom stereocenters. The van der Waals surface area contributed by atoms with Gasteiger partial charge in [-0.25, -0.2) is 0 Å². The Morgan fingerprint density at radius 3 is 2.76 bits per heavy atom. The largest absolute Gasteiger partial charge is 0.329 e. The molecule has 1 saturated heterocycles. The molecule has 0 spiro atoms. The van der Waals surface area contributed by atoms with Crippen LogP contribution in [0.15, 0.2) is 0 Å². The molecule has 4 atom stereocenters. The third-order valence-corrected chi connectivity index (χ3v) is 5.91. The summed E-state index contributed by atoms with van der Waals surface area (Å²) in [4.78, 5) is 2.80. The van der Waals surface area contributed by atoms with Crippen LogP contribution in [0.25, 0.3) is 0 Å². The first kappa shape index (κ1) is 12.0. The zero-order valence-electron chi connectivity index (χ0n) is 11.3. The van der Waals surface area contributed by atoms with E-state index in [1.54, 1.807) is 0 Å². The minimum atomic E-state index is 0.422. The zero-order chi connectivity index (χ0) is 11.9. The molecule has 2 nitrogen and oxygen atoms in total. The summed E-state index contributed by atoms with van der Waals surface area (Å²) >= 11 is 0. The van der Waals surface area contributed by atoms with E-state index in [2.05, 4.69) is 11.8 Å². The molecule has 0 aromatic carbocycles. The second kappa shape index (κ2) is 4.55. The van der Waals surface area contributed by atoms with E-state index in [1.807, 2.05) is 0 Å². The second-order valence-corrected chi connectivity index (χ2v) is 6.78. The molecule has 1 heterocycles. The first-order chi connectivity index (χ1) is 8.28. The Morgan fingerprint density at radius 2 is 2.18 bits per heavy atom. The Bertz CT molecular complexity index is 278. The van der Waals surface area contributed by atoms with Crippen LogP contribution >= 0.6 is 0 Å². The number of hydrogen-bond acceptors (Lipinski definition) is 2. The lowest BCUT2D eigenvalue weighted by atomic mass is 9.79. The van der Waals surface area contributed by atoms with Gasteiger partial charge >= 0.3 is 0 Å². The maximum atomic E-state index is 6.21. The number of nitrogens with zero attached hydrogens (tertiary/aromatic N) is 1. The predicted octanol–water partition coefficient (Wildman–Crippen LogP) is 2.63. The summed E-state index contributed by atoms with van der Waals surface area (Å²) in [6, 6.07) is 0. The van der Waals surface area contributed by atoms with Crippen molar-refractivity contribution in [2.45, 2.75) is 57.4 Å². The van der Waals surface area contributed by atoms with Crippen molar-refractivity contribution >= 4 is 0 Å². The lowest BCUT2D eigenvalue weighted by Gasteiger charge is -2.45. The smallest absolute Gasteiger partial charge is 0.0362 e. The predicted molar refractivity (Wildman–Crippen MR) is 71.8 cm³/mol. The van der Waals surface area contributed by atoms with Crippen LogP contribution in [0.2, 0.25) is 0 Å². The van der Waals surface area contributed by atoms with Crippen LogP contribution in [-0.4, -0.2) is 30.1 Å². The topological polar surface area (TPSA) is 29.3 Å². The van der Waals surface area contributed by atoms with Crippen LogP contribution in [0.1, 0.15) is 51.9 Å². The highest BCUT2D eigenvalue weighted by Gasteiger charge is 2.54. The molecule has 0 amide bonds. The molecular formula is C15H28N2. The quantitative estimate of drug-likeness (QED) is 0.813. The zero-order valence-corrected chi connectivity index (χ0v) is 11.3. The molecule has 3 aliphatic rings. The van der Waals surface area contributed by atoms with Crippen LogP contribution < -0.4 is 5.73 Å². The molecule has 2 saturated carbocycles. The Balaban J connectivity index is 1.70. The van der Waals surface area contributed by atoms with Gasteiger partial charge in [-0.05, 0) is 56.4 Å². The summed E-state index contributed by atoms with van der Waals surface area (Å²) in [5.41, 5.74) is 6.63. The average molecular weight is 236 g/mol. The minimum Gasteiger partial charge on any atom is -0.329 e. The van der Waals surface area contributed by atoms with Crippen LogP contribution in [0, 0.1) is 17.8 Å². The van der Waals surface area contributed by atoms with E-state index in [0.29, 0.717) is 5.54 Å². The van der Waals surface area contributed by atoms with Gasteiger partial charge in [-0.15, -0.1) is 0 Å². The average Bonchev–Trinajstić information content (AvgIpc) is 3.03. The first-order valence-electron chi connectivity index (χ1n) is 7.73. The minimum absolute atomic E-state index is 0.422. The molecule has 2 N–H and O–H groups in total. The van der Waals surface area contributed by atoms with Gasteiger partial charge in [0, 0.05) is 18.6 Å². The molecule has 2 aliphatic carbocycles. The first-order valence-corrected chi connectivity index (χ1v) is 7.73. The Morgan fingerprint density at radius 1 is 1.29 bits per heavy atom. The van der Waals surface area contributed by atoms with E-state index >= 15 is 0 Å². The van der Waals surface area contributed by atoms with Gasteiger partial charge < -0.3 is 5.73 Å². The third-order valence-electron chi connectivity index (χ3n) is 5.91. The Hall–Kier alpha value is -0.0800. The van der Waals surface area contributed by atoms with Crippen molar-refractivity contribution in [1.29, 1.82) is 0 Å². The maximum Gasteiger partial charge on any atom is 0.0362 e. The Labute approximate surface area is 106 Å². The molecule has 3 rings (SSSR count). The van der Waals surface area contributed by atoms with Crippen molar-refractivity contribution < 1.29 is 0 Å². The van der Waals surface area contributed by atoms with Gasteiger partial charge in [0.2, 0.25) is 0 Å². The number of rotatable bonds is 4. The number of likely N-dealkylation sites (tertiary alicyclic amines) is 1. The van der Waals surface area contributed by atoms with E-state index in [0.717, 1.165) is 24.3 Å². The molecule has 3 fully saturated rings. The summed E-state index contributed by atoms with van der Waals surface area (Å²) in [5.74, 6) is 2.90. The molecule has 0 aromatic heterocycles. The molecule has 2 bridgehead atoms. The molecule has 98 valence electrons. The van der Waals surface area contributed by atoms with Crippen LogP contribution in [0.4, 0.5) is 0 Å². The fraction of sp³-hybridized carbons (Fsp3) is 1.00. The highest BCUT2D eigenvalue weighted by molar-refractivity contribution is 5.09. The van der Waals surface area contributed by atoms with Gasteiger partial charge in [0.15, 0.2) is 0 Å². The summed E-state index contributed by atoms with van der Waals surface area (Å²) < 4.78 is 0. The monoisotopic (exact) mass is 236 g/mol. The third kappa shape index (κ3) is 1.84. The van der Waals surface area contributed by atoms with E-state index < -0.39 is 0 Å². The fourth-order valence-electron chi connectivity index (χ4n) is 5.06. The summed E-state index contributed by atoms with van der Waals surface area (Å²) in [7, 11) is 0. The van der Waals surface area contributed by atoms with Gasteiger partial charge in [-0.3, -0.25) is 4.90 Å². The van der Waals surface area contributed by atoms with Crippen LogP contribution in [0.3, 0.4) is 0 Å². The lowest BCUT2D eigenvalue weighted by Crippen LogP contribution is -2.56. The fourth-order valence-corrected chi connectivity index (χ4v) is 5.06. The van der Waals surface area contributed by atoms with Crippen LogP contribution in [0.5, 0.6) is 0 Å². The highest BCUT2D eigenvalue weighted by atomic mass is 15.2. The Kier molecular flexibility index (Phi) is 3.20. The van der Waals surface area contributed by atoms with Crippen LogP contribution in [-0.2, 0) is 0 Å². The van der Waals surface area contributed by atoms with E-state index in [9.17, 15) is 0 Å². The van der Waals surface area contributed by atoms with Crippen molar-refractivity contribution in [2.24, 2.45) is 23.5 Å². The number of hydrogen-bond donors (Lipinski definition) is 1. The van der Waals surface area contributed by atoms with Crippen molar-refractivity contribution in [1.82, 2.24) is 4.90 Å². The van der Waals surface area contributed by atoms with Gasteiger partial charge in [-0.2, -0.15) is 0 Å². The second-order valence-electron chi connectivity index (χ2n) is 6.78. The van der Waals surface area contributed by atoms with Gasteiger partial charge in [0.05, 0.1) is 0 Å². The van der Waals surface area contributed by atoms with Crippen molar-refractivity contribution in [3.05, 3.63) is 0 Å². The molecule has 2 heteroatoms. The van der Waals surface area contributed by atoms with Crippen molar-refractivity contribution in [3.8, 4) is 0 Å². The van der Waals surface area contributed by atoms with E-state index in [-0.39, 0.29) is 0 Å².